The van der Waals surface area contributed by atoms with Crippen LogP contribution in [0.5, 0.6) is 0 Å². The van der Waals surface area contributed by atoms with E-state index in [0.29, 0.717) is 18.9 Å². The Kier molecular flexibility index (Phi) is 5.74. The fourth-order valence-corrected chi connectivity index (χ4v) is 3.30. The lowest BCUT2D eigenvalue weighted by Crippen LogP contribution is -2.46. The zero-order chi connectivity index (χ0) is 15.2. The van der Waals surface area contributed by atoms with Gasteiger partial charge in [-0.2, -0.15) is 0 Å². The van der Waals surface area contributed by atoms with Crippen LogP contribution in [0, 0.1) is 5.82 Å². The predicted octanol–water partition coefficient (Wildman–Crippen LogP) is 3.48. The summed E-state index contributed by atoms with van der Waals surface area (Å²) in [5, 5.41) is 8.87. The number of halogens is 1. The highest BCUT2D eigenvalue weighted by Crippen LogP contribution is 2.25. The molecule has 1 aliphatic heterocycles. The third-order valence-corrected chi connectivity index (χ3v) is 4.40. The molecule has 2 atom stereocenters. The van der Waals surface area contributed by atoms with Crippen LogP contribution in [0.25, 0.3) is 0 Å². The average Bonchev–Trinajstić information content (AvgIpc) is 2.47. The zero-order valence-corrected chi connectivity index (χ0v) is 12.6. The van der Waals surface area contributed by atoms with Crippen LogP contribution in [0.4, 0.5) is 4.39 Å². The van der Waals surface area contributed by atoms with E-state index in [0.717, 1.165) is 31.4 Å². The maximum atomic E-state index is 13.8. The highest BCUT2D eigenvalue weighted by molar-refractivity contribution is 5.66. The number of hydrogen-bond donors (Lipinski definition) is 1. The Morgan fingerprint density at radius 1 is 1.43 bits per heavy atom. The van der Waals surface area contributed by atoms with E-state index in [9.17, 15) is 9.18 Å². The second kappa shape index (κ2) is 7.55. The summed E-state index contributed by atoms with van der Waals surface area (Å²) < 4.78 is 13.8. The minimum absolute atomic E-state index is 0.150. The van der Waals surface area contributed by atoms with E-state index in [-0.39, 0.29) is 18.3 Å². The molecule has 21 heavy (non-hydrogen) atoms. The molecule has 0 radical (unpaired) electrons. The molecule has 116 valence electrons. The number of carboxylic acids is 1. The Labute approximate surface area is 125 Å². The third-order valence-electron chi connectivity index (χ3n) is 4.40. The first-order valence-corrected chi connectivity index (χ1v) is 7.79. The van der Waals surface area contributed by atoms with Crippen molar-refractivity contribution >= 4 is 5.97 Å². The summed E-state index contributed by atoms with van der Waals surface area (Å²) in [4.78, 5) is 13.2. The number of aliphatic carboxylic acids is 1. The van der Waals surface area contributed by atoms with Crippen LogP contribution >= 0.6 is 0 Å². The van der Waals surface area contributed by atoms with Gasteiger partial charge in [-0.3, -0.25) is 9.69 Å². The van der Waals surface area contributed by atoms with Crippen molar-refractivity contribution < 1.29 is 14.3 Å². The molecule has 1 aromatic carbocycles. The van der Waals surface area contributed by atoms with Gasteiger partial charge in [0.15, 0.2) is 0 Å². The number of likely N-dealkylation sites (tertiary alicyclic amines) is 1. The number of carboxylic acid groups (broad SMARTS) is 1. The van der Waals surface area contributed by atoms with Crippen LogP contribution < -0.4 is 0 Å². The second-order valence-corrected chi connectivity index (χ2v) is 5.96. The molecule has 0 bridgehead atoms. The smallest absolute Gasteiger partial charge is 0.303 e. The molecule has 2 rings (SSSR count). The van der Waals surface area contributed by atoms with Crippen LogP contribution in [0.2, 0.25) is 0 Å². The summed E-state index contributed by atoms with van der Waals surface area (Å²) in [6.45, 7) is 3.10. The summed E-state index contributed by atoms with van der Waals surface area (Å²) in [7, 11) is 0. The van der Waals surface area contributed by atoms with Gasteiger partial charge >= 0.3 is 5.97 Å². The molecule has 1 fully saturated rings. The first-order chi connectivity index (χ1) is 10.1. The van der Waals surface area contributed by atoms with Crippen molar-refractivity contribution in [3.05, 3.63) is 35.6 Å². The Morgan fingerprint density at radius 3 is 2.90 bits per heavy atom. The van der Waals surface area contributed by atoms with E-state index < -0.39 is 5.97 Å². The lowest BCUT2D eigenvalue weighted by atomic mass is 9.94. The molecule has 1 aromatic rings. The van der Waals surface area contributed by atoms with Crippen LogP contribution in [-0.4, -0.2) is 34.6 Å². The second-order valence-electron chi connectivity index (χ2n) is 5.96. The van der Waals surface area contributed by atoms with Crippen molar-refractivity contribution in [2.45, 2.75) is 57.5 Å². The SMILES string of the molecule is CC(Cc1ccccc1F)N1CCCCC1CCC(=O)O. The van der Waals surface area contributed by atoms with Crippen LogP contribution in [0.1, 0.15) is 44.6 Å². The van der Waals surface area contributed by atoms with E-state index in [1.54, 1.807) is 6.07 Å². The average molecular weight is 293 g/mol. The van der Waals surface area contributed by atoms with E-state index in [1.165, 1.54) is 6.07 Å². The molecular weight excluding hydrogens is 269 g/mol. The summed E-state index contributed by atoms with van der Waals surface area (Å²) in [5.74, 6) is -0.884. The van der Waals surface area contributed by atoms with E-state index >= 15 is 0 Å². The molecule has 3 nitrogen and oxygen atoms in total. The number of piperidine rings is 1. The van der Waals surface area contributed by atoms with Gasteiger partial charge in [0, 0.05) is 18.5 Å². The molecule has 0 aliphatic carbocycles. The lowest BCUT2D eigenvalue weighted by molar-refractivity contribution is -0.137. The van der Waals surface area contributed by atoms with Gasteiger partial charge in [0.05, 0.1) is 0 Å². The largest absolute Gasteiger partial charge is 0.481 e. The first kappa shape index (κ1) is 16.0. The van der Waals surface area contributed by atoms with Crippen LogP contribution in [0.15, 0.2) is 24.3 Å². The molecule has 1 N–H and O–H groups in total. The van der Waals surface area contributed by atoms with Crippen molar-refractivity contribution in [2.75, 3.05) is 6.54 Å². The van der Waals surface area contributed by atoms with Crippen molar-refractivity contribution in [2.24, 2.45) is 0 Å². The molecular formula is C17H24FNO2. The molecule has 4 heteroatoms. The number of hydrogen-bond acceptors (Lipinski definition) is 2. The highest BCUT2D eigenvalue weighted by Gasteiger charge is 2.27. The minimum Gasteiger partial charge on any atom is -0.481 e. The van der Waals surface area contributed by atoms with Crippen molar-refractivity contribution in [3.8, 4) is 0 Å². The Bertz CT molecular complexity index is 478. The van der Waals surface area contributed by atoms with E-state index in [2.05, 4.69) is 11.8 Å². The highest BCUT2D eigenvalue weighted by atomic mass is 19.1. The van der Waals surface area contributed by atoms with E-state index in [4.69, 9.17) is 5.11 Å². The van der Waals surface area contributed by atoms with Crippen molar-refractivity contribution in [3.63, 3.8) is 0 Å². The number of carbonyl (C=O) groups is 1. The molecule has 0 aromatic heterocycles. The van der Waals surface area contributed by atoms with Gasteiger partial charge in [0.25, 0.3) is 0 Å². The van der Waals surface area contributed by atoms with Gasteiger partial charge in [-0.05, 0) is 50.8 Å². The fraction of sp³-hybridized carbons (Fsp3) is 0.588. The van der Waals surface area contributed by atoms with Crippen LogP contribution in [0.3, 0.4) is 0 Å². The lowest BCUT2D eigenvalue weighted by Gasteiger charge is -2.40. The zero-order valence-electron chi connectivity index (χ0n) is 12.6. The van der Waals surface area contributed by atoms with Crippen molar-refractivity contribution in [1.82, 2.24) is 4.90 Å². The molecule has 0 saturated carbocycles. The minimum atomic E-state index is -0.734. The van der Waals surface area contributed by atoms with Gasteiger partial charge in [-0.25, -0.2) is 4.39 Å². The van der Waals surface area contributed by atoms with Gasteiger partial charge in [-0.1, -0.05) is 24.6 Å². The predicted molar refractivity (Wildman–Crippen MR) is 80.8 cm³/mol. The Morgan fingerprint density at radius 2 is 2.19 bits per heavy atom. The molecule has 0 amide bonds. The summed E-state index contributed by atoms with van der Waals surface area (Å²) >= 11 is 0. The maximum absolute atomic E-state index is 13.8. The fourth-order valence-electron chi connectivity index (χ4n) is 3.30. The van der Waals surface area contributed by atoms with Crippen LogP contribution in [-0.2, 0) is 11.2 Å². The maximum Gasteiger partial charge on any atom is 0.303 e. The monoisotopic (exact) mass is 293 g/mol. The standard InChI is InChI=1S/C17H24FNO2/c1-13(12-14-6-2-3-8-16(14)18)19-11-5-4-7-15(19)9-10-17(20)21/h2-3,6,8,13,15H,4-5,7,9-12H2,1H3,(H,20,21). The summed E-state index contributed by atoms with van der Waals surface area (Å²) in [6.07, 6.45) is 4.94. The molecule has 0 spiro atoms. The number of benzene rings is 1. The quantitative estimate of drug-likeness (QED) is 0.873. The number of nitrogens with zero attached hydrogens (tertiary/aromatic N) is 1. The molecule has 1 heterocycles. The van der Waals surface area contributed by atoms with Gasteiger partial charge < -0.3 is 5.11 Å². The molecule has 2 unspecified atom stereocenters. The summed E-state index contributed by atoms with van der Waals surface area (Å²) in [5.41, 5.74) is 0.743. The topological polar surface area (TPSA) is 40.5 Å². The number of rotatable bonds is 6. The summed E-state index contributed by atoms with van der Waals surface area (Å²) in [6, 6.07) is 7.46. The van der Waals surface area contributed by atoms with Crippen molar-refractivity contribution in [1.29, 1.82) is 0 Å². The van der Waals surface area contributed by atoms with Gasteiger partial charge in [0.1, 0.15) is 5.82 Å². The van der Waals surface area contributed by atoms with Gasteiger partial charge in [-0.15, -0.1) is 0 Å². The Hall–Kier alpha value is -1.42. The molecule has 1 saturated heterocycles. The first-order valence-electron chi connectivity index (χ1n) is 7.79. The third kappa shape index (κ3) is 4.53. The molecule has 1 aliphatic rings. The van der Waals surface area contributed by atoms with Gasteiger partial charge in [0.2, 0.25) is 0 Å². The normalized spacial score (nSPS) is 21.1. The Balaban J connectivity index is 1.99. The van der Waals surface area contributed by atoms with E-state index in [1.807, 2.05) is 12.1 Å².